The lowest BCUT2D eigenvalue weighted by Gasteiger charge is -2.30. The molecule has 0 bridgehead atoms. The highest BCUT2D eigenvalue weighted by Gasteiger charge is 2.36. The minimum absolute atomic E-state index is 0.0376. The van der Waals surface area contributed by atoms with Gasteiger partial charge in [0.25, 0.3) is 11.8 Å². The van der Waals surface area contributed by atoms with E-state index < -0.39 is 11.8 Å². The van der Waals surface area contributed by atoms with Crippen molar-refractivity contribution in [3.63, 3.8) is 0 Å². The first-order valence-electron chi connectivity index (χ1n) is 10.7. The second-order valence-electron chi connectivity index (χ2n) is 7.91. The van der Waals surface area contributed by atoms with Crippen molar-refractivity contribution in [1.82, 2.24) is 4.90 Å². The fourth-order valence-electron chi connectivity index (χ4n) is 3.53. The molecule has 0 radical (unpaired) electrons. The smallest absolute Gasteiger partial charge is 0.271 e. The molecule has 176 valence electrons. The maximum Gasteiger partial charge on any atom is 0.271 e. The van der Waals surface area contributed by atoms with Gasteiger partial charge in [-0.2, -0.15) is 5.26 Å². The number of nitriles is 1. The molecule has 8 heteroatoms. The molecule has 2 aromatic rings. The van der Waals surface area contributed by atoms with Crippen LogP contribution >= 0.6 is 23.2 Å². The summed E-state index contributed by atoms with van der Waals surface area (Å²) >= 11 is 12.2. The number of nitrogens with zero attached hydrogens (tertiary/aromatic N) is 2. The van der Waals surface area contributed by atoms with Gasteiger partial charge < -0.3 is 9.47 Å². The number of amides is 2. The summed E-state index contributed by atoms with van der Waals surface area (Å²) in [6.07, 6.45) is 1.65. The van der Waals surface area contributed by atoms with Gasteiger partial charge in [-0.25, -0.2) is 0 Å². The lowest BCUT2D eigenvalue weighted by atomic mass is 9.93. The molecular formula is C26H24Cl2N2O4. The van der Waals surface area contributed by atoms with Gasteiger partial charge in [0.15, 0.2) is 11.5 Å². The molecule has 3 rings (SSSR count). The summed E-state index contributed by atoms with van der Waals surface area (Å²) in [5.41, 5.74) is 2.04. The van der Waals surface area contributed by atoms with Gasteiger partial charge in [-0.1, -0.05) is 35.3 Å². The number of halogens is 2. The van der Waals surface area contributed by atoms with Crippen molar-refractivity contribution in [2.24, 2.45) is 0 Å². The molecule has 0 spiro atoms. The zero-order valence-electron chi connectivity index (χ0n) is 19.3. The second kappa shape index (κ2) is 10.8. The van der Waals surface area contributed by atoms with E-state index in [4.69, 9.17) is 32.7 Å². The van der Waals surface area contributed by atoms with Gasteiger partial charge >= 0.3 is 0 Å². The average Bonchev–Trinajstić information content (AvgIpc) is 2.77. The first kappa shape index (κ1) is 25.4. The molecule has 1 aliphatic heterocycles. The van der Waals surface area contributed by atoms with Crippen LogP contribution in [0, 0.1) is 11.3 Å². The Hall–Kier alpha value is -3.27. The summed E-state index contributed by atoms with van der Waals surface area (Å²) in [6, 6.07) is 12.0. The van der Waals surface area contributed by atoms with E-state index in [9.17, 15) is 14.9 Å². The summed E-state index contributed by atoms with van der Waals surface area (Å²) in [7, 11) is 0. The van der Waals surface area contributed by atoms with E-state index in [0.717, 1.165) is 10.5 Å². The van der Waals surface area contributed by atoms with Gasteiger partial charge in [0, 0.05) is 27.2 Å². The summed E-state index contributed by atoms with van der Waals surface area (Å²) < 4.78 is 11.7. The summed E-state index contributed by atoms with van der Waals surface area (Å²) in [5, 5.41) is 10.5. The minimum Gasteiger partial charge on any atom is -0.490 e. The van der Waals surface area contributed by atoms with Crippen LogP contribution in [0.15, 0.2) is 53.1 Å². The molecule has 6 nitrogen and oxygen atoms in total. The third-order valence-corrected chi connectivity index (χ3v) is 5.85. The largest absolute Gasteiger partial charge is 0.490 e. The Morgan fingerprint density at radius 2 is 1.79 bits per heavy atom. The number of benzene rings is 2. The molecule has 0 atom stereocenters. The lowest BCUT2D eigenvalue weighted by molar-refractivity contribution is -0.142. The van der Waals surface area contributed by atoms with Crippen molar-refractivity contribution in [2.75, 3.05) is 6.61 Å². The highest BCUT2D eigenvalue weighted by Crippen LogP contribution is 2.33. The molecule has 0 aromatic heterocycles. The third-order valence-electron chi connectivity index (χ3n) is 5.27. The van der Waals surface area contributed by atoms with Crippen molar-refractivity contribution < 1.29 is 19.1 Å². The molecule has 0 unspecified atom stereocenters. The standard InChI is InChI=1S/C26H24Cl2N2O4/c1-5-33-24-11-17(6-9-23(24)34-14-18-7-8-19(27)12-22(18)28)10-20-16(4)21(13-29)26(32)30(15(2)3)25(20)31/h6-12,15H,5,14H2,1-4H3/b20-10+. The summed E-state index contributed by atoms with van der Waals surface area (Å²) in [6.45, 7) is 7.55. The van der Waals surface area contributed by atoms with E-state index in [1.54, 1.807) is 63.2 Å². The number of ether oxygens (including phenoxy) is 2. The lowest BCUT2D eigenvalue weighted by Crippen LogP contribution is -2.46. The molecule has 1 heterocycles. The van der Waals surface area contributed by atoms with E-state index in [1.165, 1.54) is 0 Å². The molecule has 2 amide bonds. The van der Waals surface area contributed by atoms with Crippen molar-refractivity contribution >= 4 is 41.1 Å². The maximum atomic E-state index is 13.1. The van der Waals surface area contributed by atoms with E-state index in [1.807, 2.05) is 13.0 Å². The number of rotatable bonds is 7. The van der Waals surface area contributed by atoms with Crippen LogP contribution in [0.2, 0.25) is 10.0 Å². The van der Waals surface area contributed by atoms with Gasteiger partial charge in [-0.3, -0.25) is 14.5 Å². The molecule has 2 aromatic carbocycles. The van der Waals surface area contributed by atoms with E-state index in [2.05, 4.69) is 0 Å². The Morgan fingerprint density at radius 3 is 2.41 bits per heavy atom. The van der Waals surface area contributed by atoms with Crippen LogP contribution in [-0.4, -0.2) is 29.4 Å². The predicted octanol–water partition coefficient (Wildman–Crippen LogP) is 5.97. The minimum atomic E-state index is -0.572. The maximum absolute atomic E-state index is 13.1. The summed E-state index contributed by atoms with van der Waals surface area (Å²) in [4.78, 5) is 26.7. The first-order valence-corrected chi connectivity index (χ1v) is 11.5. The first-order chi connectivity index (χ1) is 16.2. The Balaban J connectivity index is 1.96. The van der Waals surface area contributed by atoms with Crippen LogP contribution in [0.4, 0.5) is 0 Å². The molecular weight excluding hydrogens is 475 g/mol. The fraction of sp³-hybridized carbons (Fsp3) is 0.269. The van der Waals surface area contributed by atoms with Gasteiger partial charge in [-0.15, -0.1) is 0 Å². The molecule has 0 N–H and O–H groups in total. The van der Waals surface area contributed by atoms with Crippen LogP contribution in [0.5, 0.6) is 11.5 Å². The van der Waals surface area contributed by atoms with Crippen LogP contribution < -0.4 is 9.47 Å². The zero-order valence-corrected chi connectivity index (χ0v) is 20.8. The molecule has 0 aliphatic carbocycles. The number of hydrogen-bond acceptors (Lipinski definition) is 5. The van der Waals surface area contributed by atoms with Crippen molar-refractivity contribution in [2.45, 2.75) is 40.3 Å². The molecule has 0 saturated carbocycles. The highest BCUT2D eigenvalue weighted by atomic mass is 35.5. The quantitative estimate of drug-likeness (QED) is 0.346. The Morgan fingerprint density at radius 1 is 1.06 bits per heavy atom. The summed E-state index contributed by atoms with van der Waals surface area (Å²) in [5.74, 6) is -0.0120. The van der Waals surface area contributed by atoms with Gasteiger partial charge in [-0.05, 0) is 69.2 Å². The van der Waals surface area contributed by atoms with Crippen molar-refractivity contribution in [1.29, 1.82) is 5.26 Å². The van der Waals surface area contributed by atoms with E-state index >= 15 is 0 Å². The normalized spacial score (nSPS) is 15.2. The predicted molar refractivity (Wildman–Crippen MR) is 132 cm³/mol. The molecule has 0 saturated heterocycles. The zero-order chi connectivity index (χ0) is 25.0. The highest BCUT2D eigenvalue weighted by molar-refractivity contribution is 6.35. The van der Waals surface area contributed by atoms with Gasteiger partial charge in [0.2, 0.25) is 0 Å². The van der Waals surface area contributed by atoms with Crippen LogP contribution in [-0.2, 0) is 16.2 Å². The SMILES string of the molecule is CCOc1cc(/C=C2/C(=O)N(C(C)C)C(=O)C(C#N)=C2C)ccc1OCc1ccc(Cl)cc1Cl. The Labute approximate surface area is 209 Å². The third kappa shape index (κ3) is 5.27. The van der Waals surface area contributed by atoms with Gasteiger partial charge in [0.05, 0.1) is 6.61 Å². The fourth-order valence-corrected chi connectivity index (χ4v) is 3.99. The van der Waals surface area contributed by atoms with Crippen LogP contribution in [0.25, 0.3) is 6.08 Å². The molecule has 0 fully saturated rings. The number of carbonyl (C=O) groups is 2. The number of hydrogen-bond donors (Lipinski definition) is 0. The van der Waals surface area contributed by atoms with Crippen LogP contribution in [0.1, 0.15) is 38.8 Å². The molecule has 34 heavy (non-hydrogen) atoms. The monoisotopic (exact) mass is 498 g/mol. The number of imide groups is 1. The number of carbonyl (C=O) groups excluding carboxylic acids is 2. The second-order valence-corrected chi connectivity index (χ2v) is 8.75. The average molecular weight is 499 g/mol. The van der Waals surface area contributed by atoms with Crippen LogP contribution in [0.3, 0.4) is 0 Å². The van der Waals surface area contributed by atoms with E-state index in [0.29, 0.717) is 39.3 Å². The van der Waals surface area contributed by atoms with Crippen molar-refractivity contribution in [3.05, 3.63) is 74.3 Å². The van der Waals surface area contributed by atoms with E-state index in [-0.39, 0.29) is 23.8 Å². The Kier molecular flexibility index (Phi) is 8.03. The van der Waals surface area contributed by atoms with Gasteiger partial charge in [0.1, 0.15) is 18.2 Å². The molecule has 1 aliphatic rings. The van der Waals surface area contributed by atoms with Crippen molar-refractivity contribution in [3.8, 4) is 17.6 Å². The topological polar surface area (TPSA) is 79.6 Å². The Bertz CT molecular complexity index is 1240.